The minimum absolute atomic E-state index is 0.906. The molecule has 0 spiro atoms. The average molecular weight is 254 g/mol. The fourth-order valence-corrected chi connectivity index (χ4v) is 2.92. The summed E-state index contributed by atoms with van der Waals surface area (Å²) in [4.78, 5) is 6.87. The second-order valence-electron chi connectivity index (χ2n) is 4.29. The van der Waals surface area contributed by atoms with E-state index in [2.05, 4.69) is 29.3 Å². The van der Waals surface area contributed by atoms with Crippen LogP contribution in [0.15, 0.2) is 52.4 Å². The fourth-order valence-electron chi connectivity index (χ4n) is 2.07. The van der Waals surface area contributed by atoms with Crippen molar-refractivity contribution in [3.05, 3.63) is 53.2 Å². The average Bonchev–Trinajstić information content (AvgIpc) is 2.40. The monoisotopic (exact) mass is 254 g/mol. The molecule has 2 nitrogen and oxygen atoms in total. The van der Waals surface area contributed by atoms with Gasteiger partial charge < -0.3 is 5.73 Å². The van der Waals surface area contributed by atoms with Crippen LogP contribution < -0.4 is 16.3 Å². The van der Waals surface area contributed by atoms with Gasteiger partial charge in [-0.2, -0.15) is 0 Å². The normalized spacial score (nSPS) is 13.9. The Bertz CT molecular complexity index is 677. The van der Waals surface area contributed by atoms with Gasteiger partial charge in [0.2, 0.25) is 0 Å². The Kier molecular flexibility index (Phi) is 3.07. The molecule has 18 heavy (non-hydrogen) atoms. The Morgan fingerprint density at radius 2 is 1.94 bits per heavy atom. The van der Waals surface area contributed by atoms with Gasteiger partial charge in [0.15, 0.2) is 0 Å². The zero-order chi connectivity index (χ0) is 12.4. The van der Waals surface area contributed by atoms with Gasteiger partial charge in [-0.05, 0) is 36.3 Å². The number of benzene rings is 1. The van der Waals surface area contributed by atoms with Gasteiger partial charge in [-0.1, -0.05) is 36.0 Å². The summed E-state index contributed by atoms with van der Waals surface area (Å²) < 4.78 is 0. The first-order chi connectivity index (χ1) is 8.83. The lowest BCUT2D eigenvalue weighted by atomic mass is 10.1. The van der Waals surface area contributed by atoms with Crippen molar-refractivity contribution in [2.24, 2.45) is 5.73 Å². The summed E-state index contributed by atoms with van der Waals surface area (Å²) in [5, 5.41) is 2.12. The predicted octanol–water partition coefficient (Wildman–Crippen LogP) is 1.87. The van der Waals surface area contributed by atoms with Crippen LogP contribution in [0.3, 0.4) is 0 Å². The molecule has 1 aliphatic rings. The van der Waals surface area contributed by atoms with Crippen molar-refractivity contribution in [3.63, 3.8) is 0 Å². The molecule has 0 unspecified atom stereocenters. The zero-order valence-corrected chi connectivity index (χ0v) is 10.8. The molecule has 2 N–H and O–H groups in total. The van der Waals surface area contributed by atoms with Crippen molar-refractivity contribution in [1.29, 1.82) is 0 Å². The summed E-state index contributed by atoms with van der Waals surface area (Å²) in [5.74, 6) is 0. The second kappa shape index (κ2) is 4.86. The third-order valence-electron chi connectivity index (χ3n) is 2.95. The minimum atomic E-state index is 0.906. The maximum atomic E-state index is 5.98. The molecular formula is C15H14N2S. The van der Waals surface area contributed by atoms with E-state index in [0.717, 1.165) is 28.8 Å². The van der Waals surface area contributed by atoms with Gasteiger partial charge >= 0.3 is 0 Å². The Morgan fingerprint density at radius 1 is 1.11 bits per heavy atom. The number of nitrogens with zero attached hydrogens (tertiary/aromatic N) is 1. The van der Waals surface area contributed by atoms with E-state index in [-0.39, 0.29) is 0 Å². The summed E-state index contributed by atoms with van der Waals surface area (Å²) in [7, 11) is 0. The molecule has 1 aromatic heterocycles. The molecule has 0 radical (unpaired) electrons. The summed E-state index contributed by atoms with van der Waals surface area (Å²) in [5.41, 5.74) is 6.88. The number of nitrogens with two attached hydrogens (primary N) is 1. The summed E-state index contributed by atoms with van der Waals surface area (Å²) in [6.45, 7) is 0. The number of hydrogen-bond donors (Lipinski definition) is 1. The van der Waals surface area contributed by atoms with Gasteiger partial charge in [-0.15, -0.1) is 0 Å². The zero-order valence-electron chi connectivity index (χ0n) is 9.97. The summed E-state index contributed by atoms with van der Waals surface area (Å²) in [6.07, 6.45) is 6.06. The van der Waals surface area contributed by atoms with Gasteiger partial charge in [-0.25, -0.2) is 0 Å². The quantitative estimate of drug-likeness (QED) is 0.889. The van der Waals surface area contributed by atoms with Crippen molar-refractivity contribution in [3.8, 4) is 0 Å². The molecule has 3 rings (SSSR count). The molecule has 0 amide bonds. The maximum absolute atomic E-state index is 5.98. The van der Waals surface area contributed by atoms with Crippen LogP contribution >= 0.6 is 11.8 Å². The number of rotatable bonds is 2. The molecule has 0 fully saturated rings. The lowest BCUT2D eigenvalue weighted by Gasteiger charge is -2.07. The second-order valence-corrected chi connectivity index (χ2v) is 5.44. The minimum Gasteiger partial charge on any atom is -0.400 e. The third-order valence-corrected chi connectivity index (χ3v) is 3.92. The van der Waals surface area contributed by atoms with Crippen molar-refractivity contribution in [2.75, 3.05) is 0 Å². The lowest BCUT2D eigenvalue weighted by Crippen LogP contribution is -2.35. The van der Waals surface area contributed by atoms with Crippen LogP contribution in [0.5, 0.6) is 0 Å². The Balaban J connectivity index is 1.99. The van der Waals surface area contributed by atoms with Crippen molar-refractivity contribution < 1.29 is 0 Å². The topological polar surface area (TPSA) is 38.9 Å². The van der Waals surface area contributed by atoms with Crippen LogP contribution in [-0.4, -0.2) is 4.98 Å². The van der Waals surface area contributed by atoms with E-state index >= 15 is 0 Å². The van der Waals surface area contributed by atoms with Crippen LogP contribution in [0.1, 0.15) is 12.8 Å². The molecule has 90 valence electrons. The third kappa shape index (κ3) is 2.27. The SMILES string of the molecule is NC1=c2ncc(Sc3ccccc3)cc2=CCC1. The number of hydrogen-bond acceptors (Lipinski definition) is 3. The van der Waals surface area contributed by atoms with E-state index in [1.165, 1.54) is 10.1 Å². The standard InChI is InChI=1S/C15H14N2S/c16-14-8-4-5-11-9-13(10-17-15(11)14)18-12-6-2-1-3-7-12/h1-3,5-7,9-10H,4,8,16H2. The predicted molar refractivity (Wildman–Crippen MR) is 75.3 cm³/mol. The molecule has 3 heteroatoms. The molecule has 0 atom stereocenters. The van der Waals surface area contributed by atoms with Crippen molar-refractivity contribution in [2.45, 2.75) is 22.6 Å². The number of pyridine rings is 1. The summed E-state index contributed by atoms with van der Waals surface area (Å²) in [6, 6.07) is 12.5. The van der Waals surface area contributed by atoms with Crippen LogP contribution in [-0.2, 0) is 0 Å². The molecule has 0 saturated carbocycles. The smallest absolute Gasteiger partial charge is 0.0886 e. The molecule has 0 bridgehead atoms. The summed E-state index contributed by atoms with van der Waals surface area (Å²) >= 11 is 1.73. The first-order valence-corrected chi connectivity index (χ1v) is 6.82. The van der Waals surface area contributed by atoms with Crippen LogP contribution in [0.2, 0.25) is 0 Å². The number of fused-ring (bicyclic) bond motifs is 1. The van der Waals surface area contributed by atoms with Crippen LogP contribution in [0.25, 0.3) is 11.8 Å². The highest BCUT2D eigenvalue weighted by Crippen LogP contribution is 2.25. The van der Waals surface area contributed by atoms with Gasteiger partial charge in [-0.3, -0.25) is 4.98 Å². The Morgan fingerprint density at radius 3 is 2.78 bits per heavy atom. The van der Waals surface area contributed by atoms with E-state index in [9.17, 15) is 0 Å². The van der Waals surface area contributed by atoms with E-state index in [1.807, 2.05) is 24.4 Å². The van der Waals surface area contributed by atoms with E-state index in [0.29, 0.717) is 0 Å². The van der Waals surface area contributed by atoms with E-state index in [4.69, 9.17) is 5.73 Å². The molecule has 1 aliphatic carbocycles. The van der Waals surface area contributed by atoms with Crippen LogP contribution in [0.4, 0.5) is 0 Å². The highest BCUT2D eigenvalue weighted by atomic mass is 32.2. The molecule has 0 saturated heterocycles. The van der Waals surface area contributed by atoms with Gasteiger partial charge in [0.05, 0.1) is 5.35 Å². The fraction of sp³-hybridized carbons (Fsp3) is 0.133. The highest BCUT2D eigenvalue weighted by molar-refractivity contribution is 7.99. The van der Waals surface area contributed by atoms with E-state index < -0.39 is 0 Å². The number of aromatic nitrogens is 1. The maximum Gasteiger partial charge on any atom is 0.0886 e. The molecular weight excluding hydrogens is 240 g/mol. The van der Waals surface area contributed by atoms with E-state index in [1.54, 1.807) is 11.8 Å². The van der Waals surface area contributed by atoms with Crippen molar-refractivity contribution in [1.82, 2.24) is 4.98 Å². The largest absolute Gasteiger partial charge is 0.400 e. The molecule has 1 aromatic carbocycles. The molecule has 0 aliphatic heterocycles. The van der Waals surface area contributed by atoms with Gasteiger partial charge in [0.1, 0.15) is 0 Å². The molecule has 1 heterocycles. The van der Waals surface area contributed by atoms with Crippen LogP contribution in [0, 0.1) is 0 Å². The lowest BCUT2D eigenvalue weighted by molar-refractivity contribution is 1.00. The highest BCUT2D eigenvalue weighted by Gasteiger charge is 2.03. The Labute approximate surface area is 110 Å². The first-order valence-electron chi connectivity index (χ1n) is 6.01. The van der Waals surface area contributed by atoms with Crippen molar-refractivity contribution >= 4 is 23.5 Å². The first kappa shape index (κ1) is 11.4. The molecule has 2 aromatic rings. The van der Waals surface area contributed by atoms with Gasteiger partial charge in [0.25, 0.3) is 0 Å². The Hall–Kier alpha value is -1.74. The van der Waals surface area contributed by atoms with Gasteiger partial charge in [0, 0.05) is 21.7 Å².